The maximum atomic E-state index is 5.96. The Kier molecular flexibility index (Phi) is 4.27. The van der Waals surface area contributed by atoms with Crippen LogP contribution in [-0.4, -0.2) is 4.98 Å². The van der Waals surface area contributed by atoms with Crippen molar-refractivity contribution < 1.29 is 4.42 Å². The molecule has 2 aromatic rings. The van der Waals surface area contributed by atoms with E-state index in [0.29, 0.717) is 22.5 Å². The van der Waals surface area contributed by atoms with E-state index in [1.165, 1.54) is 0 Å². The van der Waals surface area contributed by atoms with E-state index in [2.05, 4.69) is 10.3 Å². The highest BCUT2D eigenvalue weighted by Crippen LogP contribution is 2.23. The SMILES string of the molecule is Cc1cnc(C(C)NCc2ccc(Cl)c(Cl)c2)o1. The molecule has 0 spiro atoms. The number of hydrogen-bond donors (Lipinski definition) is 1. The molecule has 0 saturated carbocycles. The van der Waals surface area contributed by atoms with Crippen molar-refractivity contribution >= 4 is 23.2 Å². The van der Waals surface area contributed by atoms with Gasteiger partial charge in [-0.15, -0.1) is 0 Å². The predicted octanol–water partition coefficient (Wildman–Crippen LogP) is 4.14. The van der Waals surface area contributed by atoms with Crippen LogP contribution >= 0.6 is 23.2 Å². The average Bonchev–Trinajstić information content (AvgIpc) is 2.77. The summed E-state index contributed by atoms with van der Waals surface area (Å²) in [6.45, 7) is 4.56. The van der Waals surface area contributed by atoms with Gasteiger partial charge >= 0.3 is 0 Å². The highest BCUT2D eigenvalue weighted by molar-refractivity contribution is 6.42. The van der Waals surface area contributed by atoms with Gasteiger partial charge in [0.2, 0.25) is 5.89 Å². The molecule has 0 radical (unpaired) electrons. The Morgan fingerprint density at radius 3 is 2.72 bits per heavy atom. The molecule has 1 atom stereocenters. The number of aromatic nitrogens is 1. The molecular weight excluding hydrogens is 271 g/mol. The molecule has 0 aliphatic carbocycles. The van der Waals surface area contributed by atoms with Crippen molar-refractivity contribution in [3.63, 3.8) is 0 Å². The monoisotopic (exact) mass is 284 g/mol. The van der Waals surface area contributed by atoms with E-state index in [4.69, 9.17) is 27.6 Å². The van der Waals surface area contributed by atoms with E-state index >= 15 is 0 Å². The Hall–Kier alpha value is -1.03. The summed E-state index contributed by atoms with van der Waals surface area (Å²) in [7, 11) is 0. The van der Waals surface area contributed by atoms with Gasteiger partial charge < -0.3 is 9.73 Å². The van der Waals surface area contributed by atoms with Crippen LogP contribution in [0.15, 0.2) is 28.8 Å². The molecule has 0 saturated heterocycles. The molecule has 1 unspecified atom stereocenters. The first kappa shape index (κ1) is 13.4. The third-order valence-corrected chi connectivity index (χ3v) is 3.34. The van der Waals surface area contributed by atoms with E-state index in [9.17, 15) is 0 Å². The van der Waals surface area contributed by atoms with Crippen LogP contribution in [0.2, 0.25) is 10.0 Å². The van der Waals surface area contributed by atoms with Crippen LogP contribution in [0.1, 0.15) is 30.2 Å². The molecule has 2 rings (SSSR count). The molecule has 1 N–H and O–H groups in total. The summed E-state index contributed by atoms with van der Waals surface area (Å²) in [5.74, 6) is 1.50. The van der Waals surface area contributed by atoms with Gasteiger partial charge in [-0.25, -0.2) is 4.98 Å². The molecule has 18 heavy (non-hydrogen) atoms. The molecule has 1 heterocycles. The second-order valence-corrected chi connectivity index (χ2v) is 4.97. The Labute approximate surface area is 116 Å². The Balaban J connectivity index is 1.97. The van der Waals surface area contributed by atoms with E-state index in [-0.39, 0.29) is 6.04 Å². The third kappa shape index (κ3) is 3.25. The highest BCUT2D eigenvalue weighted by atomic mass is 35.5. The van der Waals surface area contributed by atoms with Crippen LogP contribution in [0, 0.1) is 6.92 Å². The predicted molar refractivity (Wildman–Crippen MR) is 73.0 cm³/mol. The lowest BCUT2D eigenvalue weighted by molar-refractivity contribution is 0.402. The van der Waals surface area contributed by atoms with Gasteiger partial charge in [0.15, 0.2) is 0 Å². The zero-order chi connectivity index (χ0) is 13.1. The van der Waals surface area contributed by atoms with Gasteiger partial charge in [-0.2, -0.15) is 0 Å². The number of nitrogens with zero attached hydrogens (tertiary/aromatic N) is 1. The topological polar surface area (TPSA) is 38.1 Å². The molecule has 0 bridgehead atoms. The van der Waals surface area contributed by atoms with Gasteiger partial charge in [-0.3, -0.25) is 0 Å². The standard InChI is InChI=1S/C13H14Cl2N2O/c1-8-6-17-13(18-8)9(2)16-7-10-3-4-11(14)12(15)5-10/h3-6,9,16H,7H2,1-2H3. The second-order valence-electron chi connectivity index (χ2n) is 4.16. The van der Waals surface area contributed by atoms with Gasteiger partial charge in [0.05, 0.1) is 22.3 Å². The van der Waals surface area contributed by atoms with Crippen LogP contribution in [0.4, 0.5) is 0 Å². The van der Waals surface area contributed by atoms with Gasteiger partial charge in [-0.05, 0) is 31.5 Å². The molecule has 0 fully saturated rings. The van der Waals surface area contributed by atoms with E-state index < -0.39 is 0 Å². The molecule has 0 aliphatic heterocycles. The maximum absolute atomic E-state index is 5.96. The summed E-state index contributed by atoms with van der Waals surface area (Å²) in [5.41, 5.74) is 1.07. The molecule has 0 aliphatic rings. The minimum absolute atomic E-state index is 0.0492. The van der Waals surface area contributed by atoms with Crippen molar-refractivity contribution in [2.75, 3.05) is 0 Å². The van der Waals surface area contributed by atoms with Gasteiger partial charge in [-0.1, -0.05) is 29.3 Å². The third-order valence-electron chi connectivity index (χ3n) is 2.61. The van der Waals surface area contributed by atoms with Crippen molar-refractivity contribution in [2.45, 2.75) is 26.4 Å². The molecule has 3 nitrogen and oxygen atoms in total. The van der Waals surface area contributed by atoms with Crippen molar-refractivity contribution in [3.05, 3.63) is 51.7 Å². The Morgan fingerprint density at radius 1 is 1.33 bits per heavy atom. The van der Waals surface area contributed by atoms with Crippen LogP contribution < -0.4 is 5.32 Å². The molecule has 1 aromatic carbocycles. The van der Waals surface area contributed by atoms with Crippen molar-refractivity contribution in [3.8, 4) is 0 Å². The quantitative estimate of drug-likeness (QED) is 0.917. The summed E-state index contributed by atoms with van der Waals surface area (Å²) in [4.78, 5) is 4.18. The van der Waals surface area contributed by atoms with E-state index in [1.54, 1.807) is 12.3 Å². The lowest BCUT2D eigenvalue weighted by Crippen LogP contribution is -2.18. The zero-order valence-corrected chi connectivity index (χ0v) is 11.7. The zero-order valence-electron chi connectivity index (χ0n) is 10.2. The smallest absolute Gasteiger partial charge is 0.211 e. The van der Waals surface area contributed by atoms with Crippen LogP contribution in [-0.2, 0) is 6.54 Å². The van der Waals surface area contributed by atoms with Gasteiger partial charge in [0.25, 0.3) is 0 Å². The molecule has 96 valence electrons. The van der Waals surface area contributed by atoms with Crippen LogP contribution in [0.5, 0.6) is 0 Å². The first-order valence-electron chi connectivity index (χ1n) is 5.66. The lowest BCUT2D eigenvalue weighted by Gasteiger charge is -2.10. The largest absolute Gasteiger partial charge is 0.444 e. The van der Waals surface area contributed by atoms with Crippen LogP contribution in [0.3, 0.4) is 0 Å². The number of rotatable bonds is 4. The van der Waals surface area contributed by atoms with Crippen molar-refractivity contribution in [2.24, 2.45) is 0 Å². The summed E-state index contributed by atoms with van der Waals surface area (Å²) in [6, 6.07) is 5.63. The maximum Gasteiger partial charge on any atom is 0.211 e. The first-order chi connectivity index (χ1) is 8.56. The summed E-state index contributed by atoms with van der Waals surface area (Å²) in [5, 5.41) is 4.45. The van der Waals surface area contributed by atoms with Crippen LogP contribution in [0.25, 0.3) is 0 Å². The Morgan fingerprint density at radius 2 is 2.11 bits per heavy atom. The number of halogens is 2. The number of aryl methyl sites for hydroxylation is 1. The fraction of sp³-hybridized carbons (Fsp3) is 0.308. The second kappa shape index (κ2) is 5.74. The number of oxazole rings is 1. The Bertz CT molecular complexity index is 540. The molecular formula is C13H14Cl2N2O. The molecule has 5 heteroatoms. The number of nitrogens with one attached hydrogen (secondary N) is 1. The van der Waals surface area contributed by atoms with Gasteiger partial charge in [0, 0.05) is 6.54 Å². The first-order valence-corrected chi connectivity index (χ1v) is 6.41. The number of hydrogen-bond acceptors (Lipinski definition) is 3. The highest BCUT2D eigenvalue weighted by Gasteiger charge is 2.10. The molecule has 0 amide bonds. The number of benzene rings is 1. The molecule has 1 aromatic heterocycles. The van der Waals surface area contributed by atoms with Crippen molar-refractivity contribution in [1.82, 2.24) is 10.3 Å². The summed E-state index contributed by atoms with van der Waals surface area (Å²) >= 11 is 11.8. The fourth-order valence-electron chi connectivity index (χ4n) is 1.58. The fourth-order valence-corrected chi connectivity index (χ4v) is 1.90. The minimum Gasteiger partial charge on any atom is -0.444 e. The summed E-state index contributed by atoms with van der Waals surface area (Å²) in [6.07, 6.45) is 1.71. The average molecular weight is 285 g/mol. The minimum atomic E-state index is 0.0492. The van der Waals surface area contributed by atoms with Crippen molar-refractivity contribution in [1.29, 1.82) is 0 Å². The van der Waals surface area contributed by atoms with E-state index in [1.807, 2.05) is 26.0 Å². The summed E-state index contributed by atoms with van der Waals surface area (Å²) < 4.78 is 5.46. The van der Waals surface area contributed by atoms with E-state index in [0.717, 1.165) is 11.3 Å². The van der Waals surface area contributed by atoms with Gasteiger partial charge in [0.1, 0.15) is 5.76 Å². The normalized spacial score (nSPS) is 12.7. The lowest BCUT2D eigenvalue weighted by atomic mass is 10.2.